The number of nitrogens with zero attached hydrogens (tertiary/aromatic N) is 1. The third-order valence-electron chi connectivity index (χ3n) is 4.84. The summed E-state index contributed by atoms with van der Waals surface area (Å²) in [5.41, 5.74) is 9.80. The molecule has 1 aliphatic heterocycles. The third kappa shape index (κ3) is 4.35. The molecule has 3 aromatic rings. The van der Waals surface area contributed by atoms with Crippen LogP contribution in [-0.4, -0.2) is 22.1 Å². The number of anilines is 2. The summed E-state index contributed by atoms with van der Waals surface area (Å²) < 4.78 is 0. The van der Waals surface area contributed by atoms with Crippen LogP contribution in [0, 0.1) is 15.5 Å². The van der Waals surface area contributed by atoms with E-state index in [1.807, 2.05) is 36.4 Å². The number of nitro benzene ring substituents is 1. The van der Waals surface area contributed by atoms with Gasteiger partial charge in [0.05, 0.1) is 10.6 Å². The second-order valence-electron chi connectivity index (χ2n) is 6.81. The Morgan fingerprint density at radius 1 is 1.06 bits per heavy atom. The van der Waals surface area contributed by atoms with Crippen LogP contribution < -0.4 is 16.4 Å². The topological polar surface area (TPSA) is 137 Å². The molecule has 0 aromatic heterocycles. The number of halogens is 1. The number of aliphatic hydroxyl groups is 1. The second kappa shape index (κ2) is 8.86. The lowest BCUT2D eigenvalue weighted by Crippen LogP contribution is -2.16. The van der Waals surface area contributed by atoms with E-state index in [0.717, 1.165) is 5.56 Å². The molecular formula is C22H20ClN5O3. The highest BCUT2D eigenvalue weighted by Gasteiger charge is 2.30. The summed E-state index contributed by atoms with van der Waals surface area (Å²) in [6, 6.07) is 20.9. The van der Waals surface area contributed by atoms with Gasteiger partial charge in [-0.2, -0.15) is 0 Å². The average Bonchev–Trinajstić information content (AvgIpc) is 3.07. The molecule has 1 atom stereocenters. The zero-order valence-electron chi connectivity index (χ0n) is 16.2. The first kappa shape index (κ1) is 21.8. The van der Waals surface area contributed by atoms with Crippen molar-refractivity contribution in [3.8, 4) is 0 Å². The van der Waals surface area contributed by atoms with Crippen LogP contribution in [0.1, 0.15) is 16.7 Å². The number of non-ortho nitro benzene ring substituents is 1. The van der Waals surface area contributed by atoms with Crippen molar-refractivity contribution in [1.82, 2.24) is 0 Å². The first-order valence-corrected chi connectivity index (χ1v) is 9.18. The molecule has 1 unspecified atom stereocenters. The molecule has 0 saturated carbocycles. The molecule has 158 valence electrons. The third-order valence-corrected chi connectivity index (χ3v) is 4.84. The predicted molar refractivity (Wildman–Crippen MR) is 124 cm³/mol. The molecule has 31 heavy (non-hydrogen) atoms. The lowest BCUT2D eigenvalue weighted by atomic mass is 9.99. The van der Waals surface area contributed by atoms with Gasteiger partial charge in [0.15, 0.2) is 6.23 Å². The highest BCUT2D eigenvalue weighted by molar-refractivity contribution is 6.04. The number of hydrogen-bond donors (Lipinski definition) is 5. The molecule has 8 nitrogen and oxygen atoms in total. The van der Waals surface area contributed by atoms with Crippen molar-refractivity contribution in [2.45, 2.75) is 6.23 Å². The molecule has 6 N–H and O–H groups in total. The van der Waals surface area contributed by atoms with E-state index in [-0.39, 0.29) is 23.9 Å². The molecule has 3 aromatic carbocycles. The summed E-state index contributed by atoms with van der Waals surface area (Å²) in [6.45, 7) is 0. The van der Waals surface area contributed by atoms with Gasteiger partial charge in [-0.05, 0) is 23.8 Å². The van der Waals surface area contributed by atoms with Crippen molar-refractivity contribution in [3.63, 3.8) is 0 Å². The molecule has 0 fully saturated rings. The number of benzene rings is 3. The number of fused-ring (bicyclic) bond motifs is 1. The van der Waals surface area contributed by atoms with Crippen LogP contribution in [-0.2, 0) is 0 Å². The molecule has 4 rings (SSSR count). The zero-order chi connectivity index (χ0) is 21.3. The fraction of sp³-hybridized carbons (Fsp3) is 0.0455. The van der Waals surface area contributed by atoms with Gasteiger partial charge >= 0.3 is 0 Å². The van der Waals surface area contributed by atoms with Gasteiger partial charge in [0, 0.05) is 40.2 Å². The Labute approximate surface area is 184 Å². The maximum absolute atomic E-state index is 11.3. The van der Waals surface area contributed by atoms with Gasteiger partial charge in [0.1, 0.15) is 5.84 Å². The van der Waals surface area contributed by atoms with Crippen LogP contribution in [0.4, 0.5) is 17.1 Å². The maximum atomic E-state index is 11.3. The smallest absolute Gasteiger partial charge is 0.270 e. The Bertz CT molecular complexity index is 1180. The molecule has 0 saturated heterocycles. The fourth-order valence-corrected chi connectivity index (χ4v) is 3.44. The van der Waals surface area contributed by atoms with Crippen LogP contribution in [0.5, 0.6) is 0 Å². The summed E-state index contributed by atoms with van der Waals surface area (Å²) in [6.07, 6.45) is -1.05. The number of hydrogen-bond acceptors (Lipinski definition) is 6. The van der Waals surface area contributed by atoms with Crippen molar-refractivity contribution in [1.29, 1.82) is 5.41 Å². The van der Waals surface area contributed by atoms with E-state index in [9.17, 15) is 15.2 Å². The zero-order valence-corrected chi connectivity index (χ0v) is 17.0. The molecule has 1 heterocycles. The largest absolute Gasteiger partial charge is 0.384 e. The van der Waals surface area contributed by atoms with E-state index in [4.69, 9.17) is 11.1 Å². The Balaban J connectivity index is 0.00000272. The van der Waals surface area contributed by atoms with E-state index >= 15 is 0 Å². The van der Waals surface area contributed by atoms with Gasteiger partial charge in [0.25, 0.3) is 5.69 Å². The first-order chi connectivity index (χ1) is 14.4. The highest BCUT2D eigenvalue weighted by Crippen LogP contribution is 2.41. The van der Waals surface area contributed by atoms with E-state index in [2.05, 4.69) is 10.6 Å². The standard InChI is InChI=1S/C22H19N5O3.ClH/c23-21(24)14-7-4-8-15(11-14)25-20(13-5-2-1-3-6-13)19-17-12-16(27(29)30)9-10-18(17)26-22(19)28;/h1-12,22,25-26,28H,(H3,23,24);1H/b20-19-;. The van der Waals surface area contributed by atoms with Crippen molar-refractivity contribution in [3.05, 3.63) is 99.6 Å². The quantitative estimate of drug-likeness (QED) is 0.177. The Hall–Kier alpha value is -3.88. The van der Waals surface area contributed by atoms with Crippen molar-refractivity contribution < 1.29 is 10.0 Å². The van der Waals surface area contributed by atoms with Crippen molar-refractivity contribution >= 4 is 46.6 Å². The first-order valence-electron chi connectivity index (χ1n) is 9.18. The number of nitrogens with one attached hydrogen (secondary N) is 3. The van der Waals surface area contributed by atoms with Crippen LogP contribution in [0.3, 0.4) is 0 Å². The lowest BCUT2D eigenvalue weighted by Gasteiger charge is -2.18. The van der Waals surface area contributed by atoms with Gasteiger partial charge in [-0.25, -0.2) is 0 Å². The minimum absolute atomic E-state index is 0. The number of nitro groups is 1. The van der Waals surface area contributed by atoms with Gasteiger partial charge in [-0.3, -0.25) is 15.5 Å². The molecule has 0 bridgehead atoms. The molecule has 0 amide bonds. The van der Waals surface area contributed by atoms with Crippen LogP contribution in [0.15, 0.2) is 72.8 Å². The van der Waals surface area contributed by atoms with Crippen molar-refractivity contribution in [2.75, 3.05) is 10.6 Å². The normalized spacial score (nSPS) is 15.8. The molecule has 1 aliphatic rings. The summed E-state index contributed by atoms with van der Waals surface area (Å²) in [5.74, 6) is -0.0592. The van der Waals surface area contributed by atoms with Crippen LogP contribution in [0.25, 0.3) is 11.3 Å². The molecular weight excluding hydrogens is 418 g/mol. The number of nitrogen functional groups attached to an aromatic ring is 1. The monoisotopic (exact) mass is 437 g/mol. The molecule has 9 heteroatoms. The minimum Gasteiger partial charge on any atom is -0.384 e. The summed E-state index contributed by atoms with van der Waals surface area (Å²) >= 11 is 0. The predicted octanol–water partition coefficient (Wildman–Crippen LogP) is 4.02. The fourth-order valence-electron chi connectivity index (χ4n) is 3.44. The van der Waals surface area contributed by atoms with Gasteiger partial charge in [0.2, 0.25) is 0 Å². The Kier molecular flexibility index (Phi) is 6.24. The highest BCUT2D eigenvalue weighted by atomic mass is 35.5. The number of amidine groups is 1. The van der Waals surface area contributed by atoms with Gasteiger partial charge < -0.3 is 21.5 Å². The van der Waals surface area contributed by atoms with E-state index in [0.29, 0.717) is 33.8 Å². The Morgan fingerprint density at radius 2 is 1.77 bits per heavy atom. The summed E-state index contributed by atoms with van der Waals surface area (Å²) in [5, 5.41) is 36.0. The summed E-state index contributed by atoms with van der Waals surface area (Å²) in [4.78, 5) is 10.8. The molecule has 0 aliphatic carbocycles. The second-order valence-corrected chi connectivity index (χ2v) is 6.81. The SMILES string of the molecule is Cl.N=C(N)c1cccc(N/C(=C2/c3cc([N+](=O)[O-])ccc3NC2O)c2ccccc2)c1. The van der Waals surface area contributed by atoms with Gasteiger partial charge in [-0.1, -0.05) is 42.5 Å². The van der Waals surface area contributed by atoms with E-state index < -0.39 is 11.2 Å². The van der Waals surface area contributed by atoms with Gasteiger partial charge in [-0.15, -0.1) is 12.4 Å². The van der Waals surface area contributed by atoms with Crippen LogP contribution >= 0.6 is 12.4 Å². The number of nitrogens with two attached hydrogens (primary N) is 1. The van der Waals surface area contributed by atoms with E-state index in [1.165, 1.54) is 12.1 Å². The summed E-state index contributed by atoms with van der Waals surface area (Å²) in [7, 11) is 0. The number of rotatable bonds is 5. The Morgan fingerprint density at radius 3 is 2.45 bits per heavy atom. The minimum atomic E-state index is -1.05. The maximum Gasteiger partial charge on any atom is 0.270 e. The average molecular weight is 438 g/mol. The van der Waals surface area contributed by atoms with E-state index in [1.54, 1.807) is 24.3 Å². The molecule has 0 spiro atoms. The number of aliphatic hydroxyl groups excluding tert-OH is 1. The van der Waals surface area contributed by atoms with Crippen LogP contribution in [0.2, 0.25) is 0 Å². The van der Waals surface area contributed by atoms with Crippen molar-refractivity contribution in [2.24, 2.45) is 5.73 Å². The lowest BCUT2D eigenvalue weighted by molar-refractivity contribution is -0.384. The molecule has 0 radical (unpaired) electrons.